The van der Waals surface area contributed by atoms with E-state index in [0.29, 0.717) is 16.0 Å². The number of hydrogen-bond acceptors (Lipinski definition) is 3. The van der Waals surface area contributed by atoms with Crippen LogP contribution in [0.15, 0.2) is 79.1 Å². The van der Waals surface area contributed by atoms with Gasteiger partial charge in [0, 0.05) is 37.1 Å². The van der Waals surface area contributed by atoms with E-state index < -0.39 is 0 Å². The molecule has 0 saturated heterocycles. The van der Waals surface area contributed by atoms with Gasteiger partial charge in [0.2, 0.25) is 0 Å². The van der Waals surface area contributed by atoms with Crippen molar-refractivity contribution in [1.29, 1.82) is 0 Å². The maximum atomic E-state index is 12.2. The third-order valence-corrected chi connectivity index (χ3v) is 3.89. The number of carbonyl (C=O) groups is 1. The number of pyridine rings is 1. The minimum Gasteiger partial charge on any atom is -0.619 e. The quantitative estimate of drug-likeness (QED) is 0.576. The third kappa shape index (κ3) is 4.35. The molecule has 1 aromatic heterocycles. The average molecular weight is 333 g/mol. The van der Waals surface area contributed by atoms with Gasteiger partial charge >= 0.3 is 0 Å². The molecule has 0 fully saturated rings. The molecule has 5 heteroatoms. The van der Waals surface area contributed by atoms with E-state index in [1.54, 1.807) is 0 Å². The molecule has 0 radical (unpaired) electrons. The molecule has 126 valence electrons. The summed E-state index contributed by atoms with van der Waals surface area (Å²) < 4.78 is 0.647. The molecule has 0 aliphatic rings. The Bertz CT molecular complexity index is 831. The Labute approximate surface area is 146 Å². The van der Waals surface area contributed by atoms with Crippen molar-refractivity contribution in [2.45, 2.75) is 6.54 Å². The smallest absolute Gasteiger partial charge is 0.256 e. The Morgan fingerprint density at radius 3 is 2.28 bits per heavy atom. The minimum absolute atomic E-state index is 0.244. The van der Waals surface area contributed by atoms with E-state index in [1.165, 1.54) is 30.1 Å². The van der Waals surface area contributed by atoms with Crippen LogP contribution in [0, 0.1) is 5.21 Å². The molecule has 3 aromatic rings. The van der Waals surface area contributed by atoms with Gasteiger partial charge in [-0.25, -0.2) is 0 Å². The monoisotopic (exact) mass is 333 g/mol. The van der Waals surface area contributed by atoms with Gasteiger partial charge in [0.15, 0.2) is 12.4 Å². The van der Waals surface area contributed by atoms with Crippen LogP contribution in [0.3, 0.4) is 0 Å². The topological polar surface area (TPSA) is 59.3 Å². The van der Waals surface area contributed by atoms with Crippen molar-refractivity contribution in [3.05, 3.63) is 95.5 Å². The van der Waals surface area contributed by atoms with Gasteiger partial charge in [-0.2, -0.15) is 4.73 Å². The second kappa shape index (κ2) is 7.49. The van der Waals surface area contributed by atoms with Crippen LogP contribution in [0.1, 0.15) is 15.9 Å². The largest absolute Gasteiger partial charge is 0.619 e. The van der Waals surface area contributed by atoms with Crippen LogP contribution < -0.4 is 14.9 Å². The molecular weight excluding hydrogens is 314 g/mol. The summed E-state index contributed by atoms with van der Waals surface area (Å²) in [6.07, 6.45) is 2.60. The van der Waals surface area contributed by atoms with E-state index in [-0.39, 0.29) is 5.91 Å². The van der Waals surface area contributed by atoms with Gasteiger partial charge < -0.3 is 15.4 Å². The second-order valence-corrected chi connectivity index (χ2v) is 5.79. The first kappa shape index (κ1) is 16.5. The van der Waals surface area contributed by atoms with Crippen molar-refractivity contribution >= 4 is 17.3 Å². The third-order valence-electron chi connectivity index (χ3n) is 3.89. The van der Waals surface area contributed by atoms with Crippen molar-refractivity contribution in [1.82, 2.24) is 0 Å². The van der Waals surface area contributed by atoms with E-state index in [1.807, 2.05) is 49.5 Å². The number of benzene rings is 2. The molecule has 0 saturated carbocycles. The molecule has 3 rings (SSSR count). The standard InChI is InChI=1S/C20H19N3O2/c1-22(15-16-5-3-2-4-6-16)19-9-7-18(8-10-19)21-20(24)17-11-13-23(25)14-12-17/h2-14H,15H2,1H3,(H,21,24). The zero-order valence-electron chi connectivity index (χ0n) is 13.9. The fraction of sp³-hybridized carbons (Fsp3) is 0.100. The summed E-state index contributed by atoms with van der Waals surface area (Å²) in [6, 6.07) is 20.9. The van der Waals surface area contributed by atoms with Gasteiger partial charge in [0.1, 0.15) is 0 Å². The first-order chi connectivity index (χ1) is 12.1. The number of rotatable bonds is 5. The first-order valence-corrected chi connectivity index (χ1v) is 7.97. The normalized spacial score (nSPS) is 10.3. The van der Waals surface area contributed by atoms with E-state index in [2.05, 4.69) is 22.3 Å². The molecule has 1 N–H and O–H groups in total. The summed E-state index contributed by atoms with van der Waals surface area (Å²) >= 11 is 0. The molecule has 0 bridgehead atoms. The van der Waals surface area contributed by atoms with Gasteiger partial charge in [-0.3, -0.25) is 4.79 Å². The van der Waals surface area contributed by atoms with Crippen LogP contribution in [-0.2, 0) is 6.54 Å². The predicted molar refractivity (Wildman–Crippen MR) is 98.3 cm³/mol. The summed E-state index contributed by atoms with van der Waals surface area (Å²) in [5.74, 6) is -0.244. The van der Waals surface area contributed by atoms with Crippen molar-refractivity contribution < 1.29 is 9.52 Å². The summed E-state index contributed by atoms with van der Waals surface area (Å²) in [4.78, 5) is 14.3. The Balaban J connectivity index is 1.63. The van der Waals surface area contributed by atoms with Crippen LogP contribution in [0.25, 0.3) is 0 Å². The molecule has 2 aromatic carbocycles. The predicted octanol–water partition coefficient (Wildman–Crippen LogP) is 3.21. The number of nitrogens with one attached hydrogen (secondary N) is 1. The van der Waals surface area contributed by atoms with Crippen LogP contribution in [0.5, 0.6) is 0 Å². The molecule has 1 amide bonds. The number of aromatic nitrogens is 1. The fourth-order valence-electron chi connectivity index (χ4n) is 2.52. The first-order valence-electron chi connectivity index (χ1n) is 7.97. The number of nitrogens with zero attached hydrogens (tertiary/aromatic N) is 2. The molecule has 25 heavy (non-hydrogen) atoms. The minimum atomic E-state index is -0.244. The molecular formula is C20H19N3O2. The van der Waals surface area contributed by atoms with E-state index in [4.69, 9.17) is 0 Å². The molecule has 0 atom stereocenters. The van der Waals surface area contributed by atoms with Gasteiger partial charge in [0.05, 0.1) is 5.56 Å². The van der Waals surface area contributed by atoms with E-state index in [9.17, 15) is 10.0 Å². The summed E-state index contributed by atoms with van der Waals surface area (Å²) in [5, 5.41) is 13.8. The van der Waals surface area contributed by atoms with Gasteiger partial charge in [-0.15, -0.1) is 0 Å². The number of amides is 1. The van der Waals surface area contributed by atoms with Crippen LogP contribution in [0.4, 0.5) is 11.4 Å². The summed E-state index contributed by atoms with van der Waals surface area (Å²) in [6.45, 7) is 0.811. The highest BCUT2D eigenvalue weighted by Crippen LogP contribution is 2.19. The molecule has 0 spiro atoms. The van der Waals surface area contributed by atoms with E-state index in [0.717, 1.165) is 12.2 Å². The maximum Gasteiger partial charge on any atom is 0.256 e. The van der Waals surface area contributed by atoms with Crippen LogP contribution >= 0.6 is 0 Å². The Morgan fingerprint density at radius 2 is 1.64 bits per heavy atom. The summed E-state index contributed by atoms with van der Waals surface area (Å²) in [7, 11) is 2.03. The lowest BCUT2D eigenvalue weighted by molar-refractivity contribution is -0.605. The lowest BCUT2D eigenvalue weighted by Gasteiger charge is -2.19. The Hall–Kier alpha value is -3.34. The maximum absolute atomic E-state index is 12.2. The zero-order valence-corrected chi connectivity index (χ0v) is 13.9. The fourth-order valence-corrected chi connectivity index (χ4v) is 2.52. The van der Waals surface area contributed by atoms with Crippen LogP contribution in [-0.4, -0.2) is 13.0 Å². The molecule has 0 unspecified atom stereocenters. The number of hydrogen-bond donors (Lipinski definition) is 1. The molecule has 0 aliphatic heterocycles. The van der Waals surface area contributed by atoms with Crippen molar-refractivity contribution in [2.75, 3.05) is 17.3 Å². The highest BCUT2D eigenvalue weighted by Gasteiger charge is 2.08. The molecule has 1 heterocycles. The highest BCUT2D eigenvalue weighted by atomic mass is 16.5. The van der Waals surface area contributed by atoms with E-state index >= 15 is 0 Å². The average Bonchev–Trinajstić information content (AvgIpc) is 2.63. The highest BCUT2D eigenvalue weighted by molar-refractivity contribution is 6.04. The Kier molecular flexibility index (Phi) is 4.95. The van der Waals surface area contributed by atoms with Crippen LogP contribution in [0.2, 0.25) is 0 Å². The van der Waals surface area contributed by atoms with Crippen molar-refractivity contribution in [3.8, 4) is 0 Å². The lowest BCUT2D eigenvalue weighted by atomic mass is 10.2. The lowest BCUT2D eigenvalue weighted by Crippen LogP contribution is -2.25. The van der Waals surface area contributed by atoms with Gasteiger partial charge in [-0.1, -0.05) is 30.3 Å². The summed E-state index contributed by atoms with van der Waals surface area (Å²) in [5.41, 5.74) is 3.45. The van der Waals surface area contributed by atoms with Gasteiger partial charge in [0.25, 0.3) is 5.91 Å². The molecule has 5 nitrogen and oxygen atoms in total. The zero-order chi connectivity index (χ0) is 17.6. The van der Waals surface area contributed by atoms with Crippen molar-refractivity contribution in [2.24, 2.45) is 0 Å². The second-order valence-electron chi connectivity index (χ2n) is 5.79. The SMILES string of the molecule is CN(Cc1ccccc1)c1ccc(NC(=O)c2cc[n+]([O-])cc2)cc1. The van der Waals surface area contributed by atoms with Crippen molar-refractivity contribution in [3.63, 3.8) is 0 Å². The van der Waals surface area contributed by atoms with Gasteiger partial charge in [-0.05, 0) is 29.8 Å². The number of anilines is 2. The Morgan fingerprint density at radius 1 is 1.00 bits per heavy atom. The number of carbonyl (C=O) groups excluding carboxylic acids is 1. The molecule has 0 aliphatic carbocycles.